The number of hydrogen-bond donors (Lipinski definition) is 2. The molecule has 2 N–H and O–H groups in total. The smallest absolute Gasteiger partial charge is 0.432 e. The Bertz CT molecular complexity index is 1010. The zero-order valence-electron chi connectivity index (χ0n) is 22.9. The summed E-state index contributed by atoms with van der Waals surface area (Å²) >= 11 is 0. The molecule has 2 aromatic heterocycles. The van der Waals surface area contributed by atoms with Crippen molar-refractivity contribution in [3.05, 3.63) is 33.9 Å². The first-order chi connectivity index (χ1) is 15.1. The third-order valence-corrected chi connectivity index (χ3v) is 5.80. The van der Waals surface area contributed by atoms with Crippen LogP contribution in [0, 0.1) is 0 Å². The molecular formula is C26H42N4O4. The van der Waals surface area contributed by atoms with Gasteiger partial charge in [-0.05, 0) is 23.7 Å². The zero-order chi connectivity index (χ0) is 26.6. The molecule has 0 unspecified atom stereocenters. The standard InChI is InChI=1S/C26H42N4O4/c1-23(2,3)17-15(27-29(21(31)32)19(17)25(7,8)9)13-14-16-18(24(4,5)6)20(26(10,11)12)30(28-16)22(33)34/h13-14H2,1-12H3,(H,31,32)(H,33,34). The Kier molecular flexibility index (Phi) is 6.93. The van der Waals surface area contributed by atoms with Crippen molar-refractivity contribution in [1.29, 1.82) is 0 Å². The Hall–Kier alpha value is -2.64. The quantitative estimate of drug-likeness (QED) is 0.555. The molecule has 2 rings (SSSR count). The summed E-state index contributed by atoms with van der Waals surface area (Å²) in [5.41, 5.74) is 3.14. The molecule has 34 heavy (non-hydrogen) atoms. The predicted molar refractivity (Wildman–Crippen MR) is 134 cm³/mol. The average molecular weight is 475 g/mol. The molecule has 0 aliphatic rings. The minimum atomic E-state index is -1.11. The second-order valence-corrected chi connectivity index (χ2v) is 13.2. The van der Waals surface area contributed by atoms with Crippen molar-refractivity contribution >= 4 is 12.2 Å². The summed E-state index contributed by atoms with van der Waals surface area (Å²) < 4.78 is 2.22. The van der Waals surface area contributed by atoms with Crippen LogP contribution in [0.3, 0.4) is 0 Å². The molecule has 0 saturated heterocycles. The van der Waals surface area contributed by atoms with Crippen LogP contribution in [-0.2, 0) is 34.5 Å². The Morgan fingerprint density at radius 2 is 0.853 bits per heavy atom. The normalized spacial score (nSPS) is 13.4. The van der Waals surface area contributed by atoms with Crippen LogP contribution in [0.4, 0.5) is 9.59 Å². The third-order valence-electron chi connectivity index (χ3n) is 5.80. The molecule has 8 heteroatoms. The molecule has 0 aliphatic carbocycles. The fourth-order valence-corrected chi connectivity index (χ4v) is 4.75. The van der Waals surface area contributed by atoms with E-state index in [1.807, 2.05) is 41.5 Å². The lowest BCUT2D eigenvalue weighted by atomic mass is 9.76. The number of rotatable bonds is 3. The van der Waals surface area contributed by atoms with Crippen LogP contribution in [0.1, 0.15) is 117 Å². The summed E-state index contributed by atoms with van der Waals surface area (Å²) in [7, 11) is 0. The molecule has 0 aliphatic heterocycles. The van der Waals surface area contributed by atoms with Gasteiger partial charge in [-0.1, -0.05) is 83.1 Å². The highest BCUT2D eigenvalue weighted by Gasteiger charge is 2.37. The largest absolute Gasteiger partial charge is 0.463 e. The fraction of sp³-hybridized carbons (Fsp3) is 0.692. The predicted octanol–water partition coefficient (Wildman–Crippen LogP) is 6.11. The second kappa shape index (κ2) is 8.54. The number of aromatic nitrogens is 4. The van der Waals surface area contributed by atoms with Crippen molar-refractivity contribution in [2.24, 2.45) is 0 Å². The van der Waals surface area contributed by atoms with Crippen LogP contribution < -0.4 is 0 Å². The van der Waals surface area contributed by atoms with Crippen LogP contribution >= 0.6 is 0 Å². The van der Waals surface area contributed by atoms with E-state index in [-0.39, 0.29) is 10.8 Å². The molecular weight excluding hydrogens is 432 g/mol. The van der Waals surface area contributed by atoms with Crippen molar-refractivity contribution in [2.45, 2.75) is 118 Å². The minimum absolute atomic E-state index is 0.324. The van der Waals surface area contributed by atoms with E-state index in [2.05, 4.69) is 51.7 Å². The van der Waals surface area contributed by atoms with Gasteiger partial charge in [0.05, 0.1) is 22.8 Å². The van der Waals surface area contributed by atoms with Gasteiger partial charge in [-0.3, -0.25) is 0 Å². The Morgan fingerprint density at radius 3 is 1.03 bits per heavy atom. The lowest BCUT2D eigenvalue weighted by Gasteiger charge is -2.28. The Labute approximate surface area is 203 Å². The number of hydrogen-bond acceptors (Lipinski definition) is 4. The van der Waals surface area contributed by atoms with E-state index < -0.39 is 23.0 Å². The summed E-state index contributed by atoms with van der Waals surface area (Å²) in [6, 6.07) is 0. The van der Waals surface area contributed by atoms with Crippen molar-refractivity contribution in [3.63, 3.8) is 0 Å². The van der Waals surface area contributed by atoms with Gasteiger partial charge in [0.25, 0.3) is 0 Å². The lowest BCUT2D eigenvalue weighted by molar-refractivity contribution is 0.189. The highest BCUT2D eigenvalue weighted by atomic mass is 16.4. The van der Waals surface area contributed by atoms with Gasteiger partial charge in [0.2, 0.25) is 0 Å². The first kappa shape index (κ1) is 27.6. The lowest BCUT2D eigenvalue weighted by Crippen LogP contribution is -2.27. The molecule has 190 valence electrons. The molecule has 0 amide bonds. The first-order valence-corrected chi connectivity index (χ1v) is 11.8. The second-order valence-electron chi connectivity index (χ2n) is 13.2. The van der Waals surface area contributed by atoms with Gasteiger partial charge in [-0.2, -0.15) is 19.6 Å². The number of carbonyl (C=O) groups is 2. The van der Waals surface area contributed by atoms with Gasteiger partial charge < -0.3 is 10.2 Å². The van der Waals surface area contributed by atoms with Gasteiger partial charge in [0.1, 0.15) is 0 Å². The summed E-state index contributed by atoms with van der Waals surface area (Å²) in [5, 5.41) is 28.8. The fourth-order valence-electron chi connectivity index (χ4n) is 4.75. The minimum Gasteiger partial charge on any atom is -0.463 e. The maximum absolute atomic E-state index is 12.1. The SMILES string of the molecule is CC(C)(C)c1c(CCc2nn(C(=O)O)c(C(C)(C)C)c2C(C)(C)C)nn(C(=O)O)c1C(C)(C)C. The van der Waals surface area contributed by atoms with Crippen molar-refractivity contribution < 1.29 is 19.8 Å². The molecule has 0 aromatic carbocycles. The molecule has 2 aromatic rings. The monoisotopic (exact) mass is 474 g/mol. The van der Waals surface area contributed by atoms with Crippen LogP contribution in [0.2, 0.25) is 0 Å². The Balaban J connectivity index is 2.73. The highest BCUT2D eigenvalue weighted by molar-refractivity contribution is 5.70. The maximum Gasteiger partial charge on any atom is 0.432 e. The molecule has 0 bridgehead atoms. The molecule has 0 spiro atoms. The maximum atomic E-state index is 12.1. The van der Waals surface area contributed by atoms with E-state index >= 15 is 0 Å². The molecule has 2 heterocycles. The summed E-state index contributed by atoms with van der Waals surface area (Å²) in [5.74, 6) is 0. The van der Waals surface area contributed by atoms with Gasteiger partial charge >= 0.3 is 12.2 Å². The van der Waals surface area contributed by atoms with Crippen LogP contribution in [0.5, 0.6) is 0 Å². The highest BCUT2D eigenvalue weighted by Crippen LogP contribution is 2.39. The van der Waals surface area contributed by atoms with E-state index in [9.17, 15) is 19.8 Å². The zero-order valence-corrected chi connectivity index (χ0v) is 22.9. The third kappa shape index (κ3) is 5.36. The molecule has 0 atom stereocenters. The van der Waals surface area contributed by atoms with Gasteiger partial charge in [0, 0.05) is 22.0 Å². The summed E-state index contributed by atoms with van der Waals surface area (Å²) in [4.78, 5) is 24.1. The van der Waals surface area contributed by atoms with E-state index in [0.29, 0.717) is 35.6 Å². The molecule has 0 saturated carbocycles. The summed E-state index contributed by atoms with van der Waals surface area (Å²) in [6.07, 6.45) is -1.30. The van der Waals surface area contributed by atoms with E-state index in [4.69, 9.17) is 0 Å². The van der Waals surface area contributed by atoms with E-state index in [1.165, 1.54) is 0 Å². The van der Waals surface area contributed by atoms with Crippen LogP contribution in [0.15, 0.2) is 0 Å². The number of carboxylic acid groups (broad SMARTS) is 2. The van der Waals surface area contributed by atoms with E-state index in [1.54, 1.807) is 0 Å². The first-order valence-electron chi connectivity index (χ1n) is 11.8. The average Bonchev–Trinajstić information content (AvgIpc) is 3.18. The van der Waals surface area contributed by atoms with E-state index in [0.717, 1.165) is 20.5 Å². The van der Waals surface area contributed by atoms with Gasteiger partial charge in [-0.15, -0.1) is 0 Å². The molecule has 8 nitrogen and oxygen atoms in total. The number of nitrogens with zero attached hydrogens (tertiary/aromatic N) is 4. The number of aryl methyl sites for hydroxylation is 2. The van der Waals surface area contributed by atoms with Crippen LogP contribution in [-0.4, -0.2) is 42.0 Å². The van der Waals surface area contributed by atoms with Crippen molar-refractivity contribution in [3.8, 4) is 0 Å². The molecule has 0 fully saturated rings. The van der Waals surface area contributed by atoms with Gasteiger partial charge in [-0.25, -0.2) is 9.59 Å². The molecule has 0 radical (unpaired) electrons. The van der Waals surface area contributed by atoms with Gasteiger partial charge in [0.15, 0.2) is 0 Å². The van der Waals surface area contributed by atoms with Crippen LogP contribution in [0.25, 0.3) is 0 Å². The van der Waals surface area contributed by atoms with Crippen molar-refractivity contribution in [1.82, 2.24) is 19.6 Å². The van der Waals surface area contributed by atoms with Crippen molar-refractivity contribution in [2.75, 3.05) is 0 Å². The summed E-state index contributed by atoms with van der Waals surface area (Å²) in [6.45, 7) is 24.3. The Morgan fingerprint density at radius 1 is 0.588 bits per heavy atom. The topological polar surface area (TPSA) is 110 Å².